The van der Waals surface area contributed by atoms with Gasteiger partial charge in [0.2, 0.25) is 0 Å². The Morgan fingerprint density at radius 3 is 2.79 bits per heavy atom. The summed E-state index contributed by atoms with van der Waals surface area (Å²) in [5, 5.41) is 15.5. The Balaban J connectivity index is 2.34. The molecule has 3 nitrogen and oxygen atoms in total. The molecule has 72 valence electrons. The summed E-state index contributed by atoms with van der Waals surface area (Å²) in [5.74, 6) is 0. The van der Waals surface area contributed by atoms with Crippen LogP contribution in [0.3, 0.4) is 0 Å². The van der Waals surface area contributed by atoms with Crippen molar-refractivity contribution in [2.75, 3.05) is 0 Å². The number of nitrogens with zero attached hydrogens (tertiary/aromatic N) is 2. The quantitative estimate of drug-likeness (QED) is 0.737. The van der Waals surface area contributed by atoms with Crippen molar-refractivity contribution in [2.45, 2.75) is 18.4 Å². The van der Waals surface area contributed by atoms with Gasteiger partial charge in [-0.25, -0.2) is 0 Å². The van der Waals surface area contributed by atoms with Crippen LogP contribution in [0.15, 0.2) is 24.3 Å². The number of hydrogen-bond donors (Lipinski definition) is 1. The molecule has 1 aromatic heterocycles. The Morgan fingerprint density at radius 1 is 1.36 bits per heavy atom. The normalized spacial score (nSPS) is 18.7. The van der Waals surface area contributed by atoms with Gasteiger partial charge in [0.25, 0.3) is 0 Å². The standard InChI is InChI=1S/C11H12N2O/c1-13-9-5-3-2-4-8(9)10(12-13)11(14)6-7-11/h2-5,14H,6-7H2,1H3. The summed E-state index contributed by atoms with van der Waals surface area (Å²) >= 11 is 0. The minimum absolute atomic E-state index is 0.638. The lowest BCUT2D eigenvalue weighted by Crippen LogP contribution is -2.06. The van der Waals surface area contributed by atoms with Crippen molar-refractivity contribution in [3.05, 3.63) is 30.0 Å². The first kappa shape index (κ1) is 8.00. The molecule has 2 aromatic rings. The molecule has 3 rings (SSSR count). The Hall–Kier alpha value is -1.35. The Bertz CT molecular complexity index is 497. The van der Waals surface area contributed by atoms with Crippen LogP contribution in [-0.4, -0.2) is 14.9 Å². The van der Waals surface area contributed by atoms with Crippen molar-refractivity contribution < 1.29 is 5.11 Å². The van der Waals surface area contributed by atoms with Gasteiger partial charge in [0.1, 0.15) is 11.3 Å². The van der Waals surface area contributed by atoms with Gasteiger partial charge in [-0.05, 0) is 18.9 Å². The predicted molar refractivity (Wildman–Crippen MR) is 53.8 cm³/mol. The van der Waals surface area contributed by atoms with E-state index < -0.39 is 5.60 Å². The van der Waals surface area contributed by atoms with Crippen molar-refractivity contribution in [1.29, 1.82) is 0 Å². The molecule has 1 saturated carbocycles. The molecule has 0 radical (unpaired) electrons. The van der Waals surface area contributed by atoms with Crippen LogP contribution in [0, 0.1) is 0 Å². The van der Waals surface area contributed by atoms with E-state index in [1.165, 1.54) is 0 Å². The average molecular weight is 188 g/mol. The topological polar surface area (TPSA) is 38.0 Å². The van der Waals surface area contributed by atoms with Crippen molar-refractivity contribution in [2.24, 2.45) is 7.05 Å². The van der Waals surface area contributed by atoms with E-state index in [1.807, 2.05) is 36.0 Å². The van der Waals surface area contributed by atoms with Gasteiger partial charge in [-0.3, -0.25) is 4.68 Å². The molecule has 1 N–H and O–H groups in total. The third-order valence-corrected chi connectivity index (χ3v) is 2.92. The van der Waals surface area contributed by atoms with E-state index >= 15 is 0 Å². The number of aliphatic hydroxyl groups is 1. The summed E-state index contributed by atoms with van der Waals surface area (Å²) in [4.78, 5) is 0. The van der Waals surface area contributed by atoms with Crippen LogP contribution in [0.1, 0.15) is 18.5 Å². The first-order valence-electron chi connectivity index (χ1n) is 4.85. The number of benzene rings is 1. The summed E-state index contributed by atoms with van der Waals surface area (Å²) in [7, 11) is 1.91. The summed E-state index contributed by atoms with van der Waals surface area (Å²) < 4.78 is 1.83. The van der Waals surface area contributed by atoms with Gasteiger partial charge in [0.05, 0.1) is 5.52 Å². The van der Waals surface area contributed by atoms with Crippen molar-refractivity contribution in [1.82, 2.24) is 9.78 Å². The Morgan fingerprint density at radius 2 is 2.07 bits per heavy atom. The van der Waals surface area contributed by atoms with Gasteiger partial charge >= 0.3 is 0 Å². The van der Waals surface area contributed by atoms with Crippen LogP contribution in [0.2, 0.25) is 0 Å². The molecule has 1 fully saturated rings. The highest BCUT2D eigenvalue weighted by molar-refractivity contribution is 5.83. The summed E-state index contributed by atoms with van der Waals surface area (Å²) in [6.07, 6.45) is 1.68. The van der Waals surface area contributed by atoms with Gasteiger partial charge in [0, 0.05) is 12.4 Å². The fourth-order valence-electron chi connectivity index (χ4n) is 1.91. The third-order valence-electron chi connectivity index (χ3n) is 2.92. The lowest BCUT2D eigenvalue weighted by atomic mass is 10.1. The number of aromatic nitrogens is 2. The van der Waals surface area contributed by atoms with E-state index in [-0.39, 0.29) is 0 Å². The zero-order chi connectivity index (χ0) is 9.76. The molecule has 1 aliphatic rings. The molecule has 0 unspecified atom stereocenters. The maximum absolute atomic E-state index is 10.0. The molecule has 1 aromatic carbocycles. The molecule has 1 aliphatic carbocycles. The second-order valence-corrected chi connectivity index (χ2v) is 4.02. The third kappa shape index (κ3) is 0.930. The molecule has 1 heterocycles. The molecule has 0 bridgehead atoms. The summed E-state index contributed by atoms with van der Waals surface area (Å²) in [6.45, 7) is 0. The smallest absolute Gasteiger partial charge is 0.109 e. The number of para-hydroxylation sites is 1. The van der Waals surface area contributed by atoms with Gasteiger partial charge in [0.15, 0.2) is 0 Å². The fraction of sp³-hybridized carbons (Fsp3) is 0.364. The van der Waals surface area contributed by atoms with Crippen molar-refractivity contribution in [3.8, 4) is 0 Å². The first-order chi connectivity index (χ1) is 6.71. The van der Waals surface area contributed by atoms with E-state index in [4.69, 9.17) is 0 Å². The second-order valence-electron chi connectivity index (χ2n) is 4.02. The number of fused-ring (bicyclic) bond motifs is 1. The van der Waals surface area contributed by atoms with Gasteiger partial charge in [-0.15, -0.1) is 0 Å². The van der Waals surface area contributed by atoms with Gasteiger partial charge in [-0.1, -0.05) is 18.2 Å². The number of hydrogen-bond acceptors (Lipinski definition) is 2. The maximum Gasteiger partial charge on any atom is 0.109 e. The van der Waals surface area contributed by atoms with E-state index in [0.29, 0.717) is 0 Å². The largest absolute Gasteiger partial charge is 0.383 e. The molecule has 0 saturated heterocycles. The van der Waals surface area contributed by atoms with E-state index in [2.05, 4.69) is 5.10 Å². The SMILES string of the molecule is Cn1nc(C2(O)CC2)c2ccccc21. The van der Waals surface area contributed by atoms with Crippen LogP contribution >= 0.6 is 0 Å². The molecule has 14 heavy (non-hydrogen) atoms. The van der Waals surface area contributed by atoms with Gasteiger partial charge in [-0.2, -0.15) is 5.10 Å². The summed E-state index contributed by atoms with van der Waals surface area (Å²) in [5.41, 5.74) is 1.29. The highest BCUT2D eigenvalue weighted by atomic mass is 16.3. The number of aryl methyl sites for hydroxylation is 1. The monoisotopic (exact) mass is 188 g/mol. The number of rotatable bonds is 1. The minimum Gasteiger partial charge on any atom is -0.383 e. The molecular weight excluding hydrogens is 176 g/mol. The van der Waals surface area contributed by atoms with E-state index in [9.17, 15) is 5.11 Å². The van der Waals surface area contributed by atoms with Crippen LogP contribution in [0.5, 0.6) is 0 Å². The molecular formula is C11H12N2O. The average Bonchev–Trinajstić information content (AvgIpc) is 2.84. The Labute approximate surface area is 82.0 Å². The highest BCUT2D eigenvalue weighted by Crippen LogP contribution is 2.46. The molecule has 0 aliphatic heterocycles. The maximum atomic E-state index is 10.0. The molecule has 3 heteroatoms. The lowest BCUT2D eigenvalue weighted by molar-refractivity contribution is 0.147. The molecule has 0 atom stereocenters. The lowest BCUT2D eigenvalue weighted by Gasteiger charge is -2.02. The molecule has 0 spiro atoms. The first-order valence-corrected chi connectivity index (χ1v) is 4.85. The van der Waals surface area contributed by atoms with E-state index in [0.717, 1.165) is 29.4 Å². The van der Waals surface area contributed by atoms with Crippen LogP contribution < -0.4 is 0 Å². The zero-order valence-corrected chi connectivity index (χ0v) is 8.07. The van der Waals surface area contributed by atoms with Crippen molar-refractivity contribution >= 4 is 10.9 Å². The van der Waals surface area contributed by atoms with Gasteiger partial charge < -0.3 is 5.11 Å². The second kappa shape index (κ2) is 2.36. The zero-order valence-electron chi connectivity index (χ0n) is 8.07. The fourth-order valence-corrected chi connectivity index (χ4v) is 1.91. The van der Waals surface area contributed by atoms with Crippen molar-refractivity contribution in [3.63, 3.8) is 0 Å². The van der Waals surface area contributed by atoms with Crippen LogP contribution in [-0.2, 0) is 12.6 Å². The predicted octanol–water partition coefficient (Wildman–Crippen LogP) is 1.55. The van der Waals surface area contributed by atoms with Crippen LogP contribution in [0.4, 0.5) is 0 Å². The van der Waals surface area contributed by atoms with E-state index in [1.54, 1.807) is 0 Å². The highest BCUT2D eigenvalue weighted by Gasteiger charge is 2.45. The Kier molecular flexibility index (Phi) is 1.35. The summed E-state index contributed by atoms with van der Waals surface area (Å²) in [6, 6.07) is 8.02. The minimum atomic E-state index is -0.638. The molecule has 0 amide bonds. The van der Waals surface area contributed by atoms with Crippen LogP contribution in [0.25, 0.3) is 10.9 Å².